The van der Waals surface area contributed by atoms with Crippen molar-refractivity contribution in [3.63, 3.8) is 0 Å². The van der Waals surface area contributed by atoms with Crippen LogP contribution >= 0.6 is 0 Å². The van der Waals surface area contributed by atoms with Crippen LogP contribution < -0.4 is 5.32 Å². The van der Waals surface area contributed by atoms with E-state index in [0.717, 1.165) is 29.5 Å². The SMILES string of the molecule is CNCc1ccoc1Cn1nc(C)nc1C. The Kier molecular flexibility index (Phi) is 3.05. The lowest BCUT2D eigenvalue weighted by Gasteiger charge is -2.03. The average Bonchev–Trinajstić information content (AvgIpc) is 2.77. The molecule has 0 spiro atoms. The standard InChI is InChI=1S/C11H16N4O/c1-8-13-9(2)15(14-8)7-11-10(6-12-3)4-5-16-11/h4-5,12H,6-7H2,1-3H3. The molecule has 0 bridgehead atoms. The van der Waals surface area contributed by atoms with E-state index in [1.54, 1.807) is 6.26 Å². The van der Waals surface area contributed by atoms with Gasteiger partial charge in [-0.15, -0.1) is 0 Å². The third-order valence-corrected chi connectivity index (χ3v) is 2.46. The van der Waals surface area contributed by atoms with Crippen molar-refractivity contribution >= 4 is 0 Å². The maximum Gasteiger partial charge on any atom is 0.147 e. The highest BCUT2D eigenvalue weighted by molar-refractivity contribution is 5.17. The zero-order valence-corrected chi connectivity index (χ0v) is 9.82. The van der Waals surface area contributed by atoms with Gasteiger partial charge in [0.2, 0.25) is 0 Å². The van der Waals surface area contributed by atoms with Crippen molar-refractivity contribution < 1.29 is 4.42 Å². The number of rotatable bonds is 4. The van der Waals surface area contributed by atoms with Gasteiger partial charge in [0.05, 0.1) is 6.26 Å². The Labute approximate surface area is 94.5 Å². The molecule has 2 heterocycles. The van der Waals surface area contributed by atoms with E-state index >= 15 is 0 Å². The second-order valence-electron chi connectivity index (χ2n) is 3.76. The number of nitrogens with zero attached hydrogens (tertiary/aromatic N) is 3. The molecule has 0 aliphatic heterocycles. The van der Waals surface area contributed by atoms with E-state index < -0.39 is 0 Å². The maximum atomic E-state index is 5.46. The van der Waals surface area contributed by atoms with Gasteiger partial charge in [-0.05, 0) is 27.0 Å². The molecule has 0 radical (unpaired) electrons. The molecule has 0 saturated carbocycles. The van der Waals surface area contributed by atoms with Crippen molar-refractivity contribution in [2.45, 2.75) is 26.9 Å². The molecular weight excluding hydrogens is 204 g/mol. The molecular formula is C11H16N4O. The highest BCUT2D eigenvalue weighted by Gasteiger charge is 2.09. The lowest BCUT2D eigenvalue weighted by molar-refractivity contribution is 0.469. The Morgan fingerprint density at radius 1 is 1.44 bits per heavy atom. The second kappa shape index (κ2) is 4.49. The van der Waals surface area contributed by atoms with Gasteiger partial charge in [-0.2, -0.15) is 5.10 Å². The number of aryl methyl sites for hydroxylation is 2. The van der Waals surface area contributed by atoms with Crippen LogP contribution in [0.15, 0.2) is 16.7 Å². The molecule has 0 aliphatic rings. The fourth-order valence-electron chi connectivity index (χ4n) is 1.70. The van der Waals surface area contributed by atoms with Crippen molar-refractivity contribution in [1.29, 1.82) is 0 Å². The van der Waals surface area contributed by atoms with E-state index in [4.69, 9.17) is 4.42 Å². The van der Waals surface area contributed by atoms with Crippen LogP contribution in [0.3, 0.4) is 0 Å². The molecule has 0 aliphatic carbocycles. The van der Waals surface area contributed by atoms with Crippen molar-refractivity contribution in [3.05, 3.63) is 35.3 Å². The first kappa shape index (κ1) is 10.9. The zero-order chi connectivity index (χ0) is 11.5. The summed E-state index contributed by atoms with van der Waals surface area (Å²) in [6, 6.07) is 1.98. The van der Waals surface area contributed by atoms with E-state index in [0.29, 0.717) is 6.54 Å². The number of hydrogen-bond donors (Lipinski definition) is 1. The molecule has 2 aromatic rings. The lowest BCUT2D eigenvalue weighted by atomic mass is 10.2. The van der Waals surface area contributed by atoms with E-state index in [2.05, 4.69) is 15.4 Å². The van der Waals surface area contributed by atoms with Crippen molar-refractivity contribution in [1.82, 2.24) is 20.1 Å². The monoisotopic (exact) mass is 220 g/mol. The van der Waals surface area contributed by atoms with Gasteiger partial charge in [0, 0.05) is 12.1 Å². The molecule has 0 saturated heterocycles. The quantitative estimate of drug-likeness (QED) is 0.842. The van der Waals surface area contributed by atoms with Gasteiger partial charge in [0.25, 0.3) is 0 Å². The fraction of sp³-hybridized carbons (Fsp3) is 0.455. The molecule has 0 aromatic carbocycles. The summed E-state index contributed by atoms with van der Waals surface area (Å²) in [4.78, 5) is 4.26. The van der Waals surface area contributed by atoms with Gasteiger partial charge in [-0.1, -0.05) is 0 Å². The number of furan rings is 1. The Bertz CT molecular complexity index is 472. The molecule has 2 rings (SSSR count). The summed E-state index contributed by atoms with van der Waals surface area (Å²) in [6.45, 7) is 5.27. The van der Waals surface area contributed by atoms with Crippen LogP contribution in [-0.4, -0.2) is 21.8 Å². The second-order valence-corrected chi connectivity index (χ2v) is 3.76. The first-order valence-electron chi connectivity index (χ1n) is 5.28. The third kappa shape index (κ3) is 2.14. The van der Waals surface area contributed by atoms with Crippen molar-refractivity contribution in [2.24, 2.45) is 0 Å². The summed E-state index contributed by atoms with van der Waals surface area (Å²) in [6.07, 6.45) is 1.71. The Morgan fingerprint density at radius 3 is 2.88 bits per heavy atom. The van der Waals surface area contributed by atoms with Crippen molar-refractivity contribution in [3.8, 4) is 0 Å². The minimum Gasteiger partial charge on any atom is -0.467 e. The molecule has 0 amide bonds. The summed E-state index contributed by atoms with van der Waals surface area (Å²) >= 11 is 0. The average molecular weight is 220 g/mol. The number of aromatic nitrogens is 3. The van der Waals surface area contributed by atoms with Crippen LogP contribution in [0.1, 0.15) is 23.0 Å². The highest BCUT2D eigenvalue weighted by atomic mass is 16.3. The van der Waals surface area contributed by atoms with Gasteiger partial charge < -0.3 is 9.73 Å². The normalized spacial score (nSPS) is 10.9. The molecule has 0 unspecified atom stereocenters. The molecule has 1 N–H and O–H groups in total. The predicted octanol–water partition coefficient (Wildman–Crippen LogP) is 1.26. The molecule has 5 heteroatoms. The molecule has 16 heavy (non-hydrogen) atoms. The third-order valence-electron chi connectivity index (χ3n) is 2.46. The molecule has 86 valence electrons. The van der Waals surface area contributed by atoms with E-state index in [9.17, 15) is 0 Å². The summed E-state index contributed by atoms with van der Waals surface area (Å²) in [5, 5.41) is 7.42. The van der Waals surface area contributed by atoms with E-state index in [1.165, 1.54) is 0 Å². The number of hydrogen-bond acceptors (Lipinski definition) is 4. The maximum absolute atomic E-state index is 5.46. The van der Waals surface area contributed by atoms with Crippen LogP contribution in [-0.2, 0) is 13.1 Å². The van der Waals surface area contributed by atoms with Crippen LogP contribution in [0, 0.1) is 13.8 Å². The minimum atomic E-state index is 0.636. The van der Waals surface area contributed by atoms with Gasteiger partial charge in [-0.25, -0.2) is 9.67 Å². The van der Waals surface area contributed by atoms with Gasteiger partial charge in [-0.3, -0.25) is 0 Å². The van der Waals surface area contributed by atoms with E-state index in [1.807, 2.05) is 31.6 Å². The first-order valence-corrected chi connectivity index (χ1v) is 5.28. The summed E-state index contributed by atoms with van der Waals surface area (Å²) in [7, 11) is 1.92. The summed E-state index contributed by atoms with van der Waals surface area (Å²) in [5.74, 6) is 2.63. The smallest absolute Gasteiger partial charge is 0.147 e. The molecule has 0 atom stereocenters. The van der Waals surface area contributed by atoms with Crippen LogP contribution in [0.2, 0.25) is 0 Å². The van der Waals surface area contributed by atoms with Crippen LogP contribution in [0.25, 0.3) is 0 Å². The van der Waals surface area contributed by atoms with E-state index in [-0.39, 0.29) is 0 Å². The highest BCUT2D eigenvalue weighted by Crippen LogP contribution is 2.12. The van der Waals surface area contributed by atoms with Gasteiger partial charge in [0.1, 0.15) is 24.0 Å². The van der Waals surface area contributed by atoms with Gasteiger partial charge in [0.15, 0.2) is 0 Å². The molecule has 2 aromatic heterocycles. The van der Waals surface area contributed by atoms with Gasteiger partial charge >= 0.3 is 0 Å². The number of nitrogens with one attached hydrogen (secondary N) is 1. The Morgan fingerprint density at radius 2 is 2.25 bits per heavy atom. The Balaban J connectivity index is 2.20. The zero-order valence-electron chi connectivity index (χ0n) is 9.82. The summed E-state index contributed by atoms with van der Waals surface area (Å²) in [5.41, 5.74) is 1.16. The van der Waals surface area contributed by atoms with Crippen molar-refractivity contribution in [2.75, 3.05) is 7.05 Å². The summed E-state index contributed by atoms with van der Waals surface area (Å²) < 4.78 is 7.31. The molecule has 0 fully saturated rings. The fourth-order valence-corrected chi connectivity index (χ4v) is 1.70. The predicted molar refractivity (Wildman–Crippen MR) is 60.1 cm³/mol. The van der Waals surface area contributed by atoms with Crippen LogP contribution in [0.4, 0.5) is 0 Å². The minimum absolute atomic E-state index is 0.636. The molecule has 5 nitrogen and oxygen atoms in total. The van der Waals surface area contributed by atoms with Crippen LogP contribution in [0.5, 0.6) is 0 Å². The topological polar surface area (TPSA) is 55.9 Å². The Hall–Kier alpha value is -1.62. The first-order chi connectivity index (χ1) is 7.70. The largest absolute Gasteiger partial charge is 0.467 e. The lowest BCUT2D eigenvalue weighted by Crippen LogP contribution is -2.09.